The number of thiocarbonyl (C=S) groups is 1. The first-order valence-corrected chi connectivity index (χ1v) is 10.4. The van der Waals surface area contributed by atoms with Crippen LogP contribution in [0.2, 0.25) is 10.0 Å². The van der Waals surface area contributed by atoms with Crippen molar-refractivity contribution in [2.45, 2.75) is 18.9 Å². The Morgan fingerprint density at radius 2 is 1.87 bits per heavy atom. The fourth-order valence-electron chi connectivity index (χ4n) is 2.80. The quantitative estimate of drug-likeness (QED) is 0.426. The number of hydrogen-bond acceptors (Lipinski definition) is 6. The van der Waals surface area contributed by atoms with Gasteiger partial charge in [0.25, 0.3) is 5.91 Å². The molecular formula is C19H13Cl2NO6S2. The molecule has 0 bridgehead atoms. The molecule has 0 unspecified atom stereocenters. The lowest BCUT2D eigenvalue weighted by molar-refractivity contribution is -0.146. The fourth-order valence-corrected chi connectivity index (χ4v) is 4.72. The fraction of sp³-hybridized carbons (Fsp3) is 0.158. The van der Waals surface area contributed by atoms with Crippen molar-refractivity contribution in [1.29, 1.82) is 0 Å². The number of benzene rings is 1. The van der Waals surface area contributed by atoms with Gasteiger partial charge in [-0.05, 0) is 30.7 Å². The van der Waals surface area contributed by atoms with Crippen molar-refractivity contribution in [3.8, 4) is 11.3 Å². The van der Waals surface area contributed by atoms with E-state index >= 15 is 0 Å². The molecule has 1 aromatic heterocycles. The van der Waals surface area contributed by atoms with Crippen LogP contribution in [0.15, 0.2) is 39.7 Å². The lowest BCUT2D eigenvalue weighted by Gasteiger charge is -2.22. The van der Waals surface area contributed by atoms with E-state index in [4.69, 9.17) is 44.9 Å². The Kier molecular flexibility index (Phi) is 6.87. The summed E-state index contributed by atoms with van der Waals surface area (Å²) in [7, 11) is 0. The summed E-state index contributed by atoms with van der Waals surface area (Å²) in [5, 5.41) is 19.0. The van der Waals surface area contributed by atoms with Crippen molar-refractivity contribution in [3.05, 3.63) is 51.0 Å². The molecule has 0 saturated carbocycles. The molecule has 1 fully saturated rings. The maximum absolute atomic E-state index is 12.8. The largest absolute Gasteiger partial charge is 0.481 e. The number of carbonyl (C=O) groups is 3. The summed E-state index contributed by atoms with van der Waals surface area (Å²) in [5.74, 6) is -2.40. The zero-order valence-electron chi connectivity index (χ0n) is 15.0. The number of furan rings is 1. The third-order valence-electron chi connectivity index (χ3n) is 4.16. The molecule has 156 valence electrons. The van der Waals surface area contributed by atoms with Gasteiger partial charge >= 0.3 is 11.9 Å². The number of hydrogen-bond donors (Lipinski definition) is 2. The molecule has 11 heteroatoms. The van der Waals surface area contributed by atoms with Crippen molar-refractivity contribution < 1.29 is 29.0 Å². The SMILES string of the molecule is O=C(O)CC[C@@H](C(=O)O)N1C(=O)/C(=C\c2ccc(-c3c(Cl)cccc3Cl)o2)SC1=S. The minimum atomic E-state index is -1.37. The molecule has 2 heterocycles. The summed E-state index contributed by atoms with van der Waals surface area (Å²) in [4.78, 5) is 36.2. The molecule has 7 nitrogen and oxygen atoms in total. The van der Waals surface area contributed by atoms with Crippen LogP contribution < -0.4 is 0 Å². The molecule has 3 rings (SSSR count). The summed E-state index contributed by atoms with van der Waals surface area (Å²) in [6.07, 6.45) is 0.761. The topological polar surface area (TPSA) is 108 Å². The van der Waals surface area contributed by atoms with Gasteiger partial charge in [-0.1, -0.05) is 53.2 Å². The predicted molar refractivity (Wildman–Crippen MR) is 117 cm³/mol. The van der Waals surface area contributed by atoms with Gasteiger partial charge in [-0.15, -0.1) is 0 Å². The van der Waals surface area contributed by atoms with Gasteiger partial charge in [-0.3, -0.25) is 14.5 Å². The number of carboxylic acid groups (broad SMARTS) is 2. The Labute approximate surface area is 190 Å². The second kappa shape index (κ2) is 9.22. The number of nitrogens with zero attached hydrogens (tertiary/aromatic N) is 1. The molecule has 0 radical (unpaired) electrons. The van der Waals surface area contributed by atoms with Gasteiger partial charge in [-0.25, -0.2) is 4.79 Å². The molecular weight excluding hydrogens is 473 g/mol. The van der Waals surface area contributed by atoms with Gasteiger partial charge in [0.15, 0.2) is 0 Å². The molecule has 30 heavy (non-hydrogen) atoms. The zero-order valence-corrected chi connectivity index (χ0v) is 18.1. The summed E-state index contributed by atoms with van der Waals surface area (Å²) in [6.45, 7) is 0. The van der Waals surface area contributed by atoms with Crippen LogP contribution in [0.3, 0.4) is 0 Å². The smallest absolute Gasteiger partial charge is 0.326 e. The Balaban J connectivity index is 1.86. The minimum absolute atomic E-state index is 0.0324. The first-order valence-electron chi connectivity index (χ1n) is 8.45. The summed E-state index contributed by atoms with van der Waals surface area (Å²) in [6, 6.07) is 6.92. The molecule has 0 spiro atoms. The Hall–Kier alpha value is -2.33. The van der Waals surface area contributed by atoms with Gasteiger partial charge in [0.05, 0.1) is 20.5 Å². The van der Waals surface area contributed by atoms with Crippen molar-refractivity contribution in [2.24, 2.45) is 0 Å². The average Bonchev–Trinajstić information content (AvgIpc) is 3.21. The highest BCUT2D eigenvalue weighted by atomic mass is 35.5. The molecule has 1 amide bonds. The number of rotatable bonds is 7. The number of aliphatic carboxylic acids is 2. The lowest BCUT2D eigenvalue weighted by Crippen LogP contribution is -2.44. The van der Waals surface area contributed by atoms with Crippen LogP contribution >= 0.6 is 47.2 Å². The number of carboxylic acids is 2. The van der Waals surface area contributed by atoms with Crippen LogP contribution in [0.25, 0.3) is 17.4 Å². The van der Waals surface area contributed by atoms with Crippen LogP contribution in [0.1, 0.15) is 18.6 Å². The standard InChI is InChI=1S/C19H13Cl2NO6S2/c20-10-2-1-3-11(21)16(10)13-6-4-9(28-13)8-14-17(25)22(19(29)30-14)12(18(26)27)5-7-15(23)24/h1-4,6,8,12H,5,7H2,(H,23,24)(H,26,27)/b14-8+/t12-/m0/s1. The Bertz CT molecular complexity index is 1060. The van der Waals surface area contributed by atoms with Crippen molar-refractivity contribution >= 4 is 75.4 Å². The second-order valence-corrected chi connectivity index (χ2v) is 8.63. The highest BCUT2D eigenvalue weighted by Crippen LogP contribution is 2.38. The van der Waals surface area contributed by atoms with Crippen molar-refractivity contribution in [2.75, 3.05) is 0 Å². The molecule has 1 aromatic carbocycles. The van der Waals surface area contributed by atoms with Gasteiger partial charge in [0, 0.05) is 12.5 Å². The van der Waals surface area contributed by atoms with Gasteiger partial charge in [-0.2, -0.15) is 0 Å². The Morgan fingerprint density at radius 1 is 1.20 bits per heavy atom. The molecule has 1 saturated heterocycles. The number of thioether (sulfide) groups is 1. The Morgan fingerprint density at radius 3 is 2.47 bits per heavy atom. The van der Waals surface area contributed by atoms with Gasteiger partial charge in [0.1, 0.15) is 21.9 Å². The van der Waals surface area contributed by atoms with E-state index in [1.807, 2.05) is 0 Å². The van der Waals surface area contributed by atoms with Crippen molar-refractivity contribution in [1.82, 2.24) is 4.90 Å². The summed E-state index contributed by atoms with van der Waals surface area (Å²) < 4.78 is 5.76. The van der Waals surface area contributed by atoms with Crippen LogP contribution in [0, 0.1) is 0 Å². The van der Waals surface area contributed by atoms with Gasteiger partial charge in [0.2, 0.25) is 0 Å². The lowest BCUT2D eigenvalue weighted by atomic mass is 10.1. The molecule has 2 N–H and O–H groups in total. The zero-order chi connectivity index (χ0) is 22.0. The third kappa shape index (κ3) is 4.70. The maximum atomic E-state index is 12.8. The van der Waals surface area contributed by atoms with Crippen LogP contribution in [0.5, 0.6) is 0 Å². The number of halogens is 2. The normalized spacial score (nSPS) is 16.3. The van der Waals surface area contributed by atoms with Crippen molar-refractivity contribution in [3.63, 3.8) is 0 Å². The van der Waals surface area contributed by atoms with E-state index in [-0.39, 0.29) is 15.6 Å². The van der Waals surface area contributed by atoms with E-state index in [9.17, 15) is 19.5 Å². The molecule has 1 atom stereocenters. The molecule has 1 aliphatic heterocycles. The third-order valence-corrected chi connectivity index (χ3v) is 6.12. The van der Waals surface area contributed by atoms with E-state index in [1.54, 1.807) is 30.3 Å². The van der Waals surface area contributed by atoms with Crippen LogP contribution in [-0.2, 0) is 14.4 Å². The van der Waals surface area contributed by atoms with E-state index in [2.05, 4.69) is 0 Å². The highest BCUT2D eigenvalue weighted by Gasteiger charge is 2.40. The highest BCUT2D eigenvalue weighted by molar-refractivity contribution is 8.26. The molecule has 1 aliphatic rings. The van der Waals surface area contributed by atoms with Gasteiger partial charge < -0.3 is 14.6 Å². The average molecular weight is 486 g/mol. The first kappa shape index (κ1) is 22.4. The number of carbonyl (C=O) groups excluding carboxylic acids is 1. The van der Waals surface area contributed by atoms with E-state index in [0.29, 0.717) is 27.1 Å². The molecule has 2 aromatic rings. The van der Waals surface area contributed by atoms with E-state index < -0.39 is 30.3 Å². The monoisotopic (exact) mass is 485 g/mol. The summed E-state index contributed by atoms with van der Waals surface area (Å²) >= 11 is 18.4. The summed E-state index contributed by atoms with van der Waals surface area (Å²) in [5.41, 5.74) is 0.507. The number of amides is 1. The predicted octanol–water partition coefficient (Wildman–Crippen LogP) is 4.77. The minimum Gasteiger partial charge on any atom is -0.481 e. The first-order chi connectivity index (χ1) is 14.2. The van der Waals surface area contributed by atoms with E-state index in [0.717, 1.165) is 16.7 Å². The van der Waals surface area contributed by atoms with Crippen LogP contribution in [-0.4, -0.2) is 43.3 Å². The van der Waals surface area contributed by atoms with E-state index in [1.165, 1.54) is 6.08 Å². The van der Waals surface area contributed by atoms with Crippen LogP contribution in [0.4, 0.5) is 0 Å². The maximum Gasteiger partial charge on any atom is 0.326 e. The molecule has 0 aliphatic carbocycles. The second-order valence-electron chi connectivity index (χ2n) is 6.14.